The molecule has 122 valence electrons. The maximum absolute atomic E-state index is 10.5. The summed E-state index contributed by atoms with van der Waals surface area (Å²) in [4.78, 5) is 33.9. The van der Waals surface area contributed by atoms with E-state index in [0.29, 0.717) is 0 Å². The van der Waals surface area contributed by atoms with Gasteiger partial charge in [-0.1, -0.05) is 0 Å². The fraction of sp³-hybridized carbons (Fsp3) is 1.00. The number of aliphatic hydroxyl groups excluding tert-OH is 2. The van der Waals surface area contributed by atoms with E-state index in [9.17, 15) is 24.4 Å². The van der Waals surface area contributed by atoms with E-state index in [1.165, 1.54) is 0 Å². The van der Waals surface area contributed by atoms with Crippen LogP contribution in [0.4, 0.5) is 0 Å². The van der Waals surface area contributed by atoms with Crippen molar-refractivity contribution in [2.75, 3.05) is 13.2 Å². The zero-order valence-electron chi connectivity index (χ0n) is 9.71. The van der Waals surface area contributed by atoms with Crippen molar-refractivity contribution in [3.8, 4) is 0 Å². The molecule has 1 heterocycles. The Morgan fingerprint density at radius 3 is 1.95 bits per heavy atom. The van der Waals surface area contributed by atoms with Crippen LogP contribution in [0.2, 0.25) is 0 Å². The molecule has 1 aliphatic rings. The third-order valence-corrected chi connectivity index (χ3v) is 3.32. The summed E-state index contributed by atoms with van der Waals surface area (Å²) in [6.45, 7) is -2.05. The van der Waals surface area contributed by atoms with Gasteiger partial charge >= 0.3 is 45.2 Å². The van der Waals surface area contributed by atoms with Gasteiger partial charge in [0.25, 0.3) is 0 Å². The molecule has 0 bridgehead atoms. The molecule has 4 atom stereocenters. The van der Waals surface area contributed by atoms with E-state index < -0.39 is 53.0 Å². The van der Waals surface area contributed by atoms with Gasteiger partial charge in [0.2, 0.25) is 5.79 Å². The molecule has 12 nitrogen and oxygen atoms in total. The van der Waals surface area contributed by atoms with Crippen molar-refractivity contribution in [2.24, 2.45) is 0 Å². The third-order valence-electron chi connectivity index (χ3n) is 2.37. The van der Waals surface area contributed by atoms with Crippen molar-refractivity contribution in [1.29, 1.82) is 0 Å². The second-order valence-electron chi connectivity index (χ2n) is 3.99. The van der Waals surface area contributed by atoms with Crippen molar-refractivity contribution in [3.63, 3.8) is 0 Å². The third kappa shape index (κ3) is 7.00. The van der Waals surface area contributed by atoms with E-state index in [0.717, 1.165) is 0 Å². The van der Waals surface area contributed by atoms with Gasteiger partial charge in [0.15, 0.2) is 0 Å². The van der Waals surface area contributed by atoms with Crippen LogP contribution in [-0.4, -0.2) is 102 Å². The molecule has 1 fully saturated rings. The first-order chi connectivity index (χ1) is 8.84. The Morgan fingerprint density at radius 1 is 1.05 bits per heavy atom. The van der Waals surface area contributed by atoms with Gasteiger partial charge in [-0.2, -0.15) is 0 Å². The van der Waals surface area contributed by atoms with Gasteiger partial charge in [-0.25, -0.2) is 9.13 Å². The van der Waals surface area contributed by atoms with Gasteiger partial charge in [0, 0.05) is 0 Å². The molecule has 15 heteroatoms. The summed E-state index contributed by atoms with van der Waals surface area (Å²) in [6, 6.07) is 0. The fourth-order valence-corrected chi connectivity index (χ4v) is 2.17. The fourth-order valence-electron chi connectivity index (χ4n) is 1.47. The molecule has 1 saturated heterocycles. The Labute approximate surface area is 140 Å². The van der Waals surface area contributed by atoms with E-state index in [1.54, 1.807) is 0 Å². The predicted octanol–water partition coefficient (Wildman–Crippen LogP) is -3.63. The number of aliphatic hydroxyl groups is 3. The SMILES string of the molecule is O=P(O)(O)OC[C@H]1O[C@](O)(COP(=O)(O)O)[C@@H](O)[C@@H]1O.[NaH]. The number of hydrogen-bond donors (Lipinski definition) is 7. The van der Waals surface area contributed by atoms with Crippen LogP contribution in [0.25, 0.3) is 0 Å². The van der Waals surface area contributed by atoms with Crippen LogP contribution in [0.5, 0.6) is 0 Å². The first-order valence-corrected chi connectivity index (χ1v) is 8.07. The monoisotopic (exact) mass is 364 g/mol. The zero-order chi connectivity index (χ0) is 15.8. The Balaban J connectivity index is 0.00000400. The molecule has 0 aliphatic carbocycles. The van der Waals surface area contributed by atoms with Gasteiger partial charge in [-0.05, 0) is 0 Å². The molecule has 7 N–H and O–H groups in total. The molecule has 0 amide bonds. The molecule has 0 aromatic carbocycles. The first-order valence-electron chi connectivity index (χ1n) is 5.00. The number of phosphoric acid groups is 2. The molecular weight excluding hydrogens is 349 g/mol. The second-order valence-corrected chi connectivity index (χ2v) is 6.47. The minimum absolute atomic E-state index is 0. The molecule has 1 aliphatic heterocycles. The van der Waals surface area contributed by atoms with Crippen LogP contribution >= 0.6 is 15.6 Å². The molecular formula is C6H15NaO12P2. The molecule has 0 saturated carbocycles. The summed E-state index contributed by atoms with van der Waals surface area (Å²) in [7, 11) is -9.82. The van der Waals surface area contributed by atoms with Crippen LogP contribution in [-0.2, 0) is 22.9 Å². The second kappa shape index (κ2) is 7.75. The first kappa shape index (κ1) is 22.1. The number of phosphoric ester groups is 2. The van der Waals surface area contributed by atoms with Gasteiger partial charge < -0.3 is 39.6 Å². The van der Waals surface area contributed by atoms with Crippen LogP contribution in [0.3, 0.4) is 0 Å². The van der Waals surface area contributed by atoms with Crippen molar-refractivity contribution < 1.29 is 57.8 Å². The summed E-state index contributed by atoms with van der Waals surface area (Å²) in [6.07, 6.45) is -5.38. The Morgan fingerprint density at radius 2 is 1.52 bits per heavy atom. The van der Waals surface area contributed by atoms with Crippen LogP contribution in [0.15, 0.2) is 0 Å². The van der Waals surface area contributed by atoms with E-state index in [2.05, 4.69) is 13.8 Å². The Kier molecular flexibility index (Phi) is 8.15. The quantitative estimate of drug-likeness (QED) is 0.180. The van der Waals surface area contributed by atoms with E-state index in [-0.39, 0.29) is 29.6 Å². The molecule has 1 rings (SSSR count). The van der Waals surface area contributed by atoms with E-state index in [4.69, 9.17) is 19.6 Å². The number of hydrogen-bond acceptors (Lipinski definition) is 8. The summed E-state index contributed by atoms with van der Waals surface area (Å²) < 4.78 is 33.6. The summed E-state index contributed by atoms with van der Waals surface area (Å²) in [5.41, 5.74) is 0. The summed E-state index contributed by atoms with van der Waals surface area (Å²) in [5, 5.41) is 28.8. The van der Waals surface area contributed by atoms with Crippen LogP contribution in [0, 0.1) is 0 Å². The van der Waals surface area contributed by atoms with Gasteiger partial charge in [0.05, 0.1) is 6.61 Å². The van der Waals surface area contributed by atoms with Gasteiger partial charge in [-0.15, -0.1) is 0 Å². The van der Waals surface area contributed by atoms with Crippen molar-refractivity contribution in [1.82, 2.24) is 0 Å². The predicted molar refractivity (Wildman–Crippen MR) is 65.0 cm³/mol. The normalized spacial score (nSPS) is 33.8. The topological polar surface area (TPSA) is 203 Å². The Hall–Kier alpha value is 1.06. The average Bonchev–Trinajstić information content (AvgIpc) is 2.48. The van der Waals surface area contributed by atoms with Crippen molar-refractivity contribution >= 4 is 45.2 Å². The average molecular weight is 364 g/mol. The van der Waals surface area contributed by atoms with Crippen molar-refractivity contribution in [2.45, 2.75) is 24.1 Å². The van der Waals surface area contributed by atoms with Crippen LogP contribution < -0.4 is 0 Å². The standard InChI is InChI=1S/C6H14O12P2.Na.H/c7-4-3(1-16-19(10,11)12)18-6(9,5(4)8)2-17-20(13,14)15;;/h3-5,7-9H,1-2H2,(H2,10,11,12)(H2,13,14,15);;/t3-,4-,5+,6-;;/m1../s1. The molecule has 0 radical (unpaired) electrons. The van der Waals surface area contributed by atoms with Gasteiger partial charge in [-0.3, -0.25) is 9.05 Å². The van der Waals surface area contributed by atoms with E-state index in [1.807, 2.05) is 0 Å². The van der Waals surface area contributed by atoms with Gasteiger partial charge in [0.1, 0.15) is 24.9 Å². The Bertz CT molecular complexity index is 433. The summed E-state index contributed by atoms with van der Waals surface area (Å²) in [5.74, 6) is -2.66. The number of ether oxygens (including phenoxy) is 1. The molecule has 0 unspecified atom stereocenters. The minimum atomic E-state index is -4.96. The van der Waals surface area contributed by atoms with Crippen molar-refractivity contribution in [3.05, 3.63) is 0 Å². The zero-order valence-corrected chi connectivity index (χ0v) is 11.5. The molecule has 0 spiro atoms. The maximum atomic E-state index is 10.5. The van der Waals surface area contributed by atoms with E-state index >= 15 is 0 Å². The summed E-state index contributed by atoms with van der Waals surface area (Å²) >= 11 is 0. The molecule has 0 aromatic rings. The van der Waals surface area contributed by atoms with Crippen LogP contribution in [0.1, 0.15) is 0 Å². The number of rotatable bonds is 6. The molecule has 0 aromatic heterocycles. The molecule has 21 heavy (non-hydrogen) atoms.